The Labute approximate surface area is 125 Å². The molecule has 0 fully saturated rings. The third-order valence-corrected chi connectivity index (χ3v) is 3.97. The third-order valence-electron chi connectivity index (χ3n) is 3.66. The molecule has 0 saturated carbocycles. The van der Waals surface area contributed by atoms with Crippen LogP contribution in [-0.4, -0.2) is 12.3 Å². The zero-order chi connectivity index (χ0) is 15.1. The number of halogens is 2. The van der Waals surface area contributed by atoms with Crippen LogP contribution in [0, 0.1) is 17.7 Å². The van der Waals surface area contributed by atoms with Gasteiger partial charge in [-0.2, -0.15) is 0 Å². The molecule has 1 aromatic carbocycles. The largest absolute Gasteiger partial charge is 0.330 e. The molecule has 2 nitrogen and oxygen atoms in total. The molecular formula is C16H23ClFNO. The first kappa shape index (κ1) is 17.1. The monoisotopic (exact) mass is 299 g/mol. The van der Waals surface area contributed by atoms with Crippen molar-refractivity contribution in [2.45, 2.75) is 39.5 Å². The smallest absolute Gasteiger partial charge is 0.142 e. The zero-order valence-corrected chi connectivity index (χ0v) is 12.9. The van der Waals surface area contributed by atoms with E-state index < -0.39 is 5.82 Å². The van der Waals surface area contributed by atoms with Gasteiger partial charge in [-0.05, 0) is 48.9 Å². The van der Waals surface area contributed by atoms with Crippen LogP contribution in [0.25, 0.3) is 0 Å². The van der Waals surface area contributed by atoms with Gasteiger partial charge < -0.3 is 5.73 Å². The van der Waals surface area contributed by atoms with Crippen molar-refractivity contribution in [2.75, 3.05) is 6.54 Å². The van der Waals surface area contributed by atoms with Crippen molar-refractivity contribution in [1.29, 1.82) is 0 Å². The summed E-state index contributed by atoms with van der Waals surface area (Å²) in [7, 11) is 0. The van der Waals surface area contributed by atoms with Crippen molar-refractivity contribution in [3.63, 3.8) is 0 Å². The predicted octanol–water partition coefficient (Wildman–Crippen LogP) is 3.99. The molecule has 0 aliphatic heterocycles. The van der Waals surface area contributed by atoms with Crippen LogP contribution < -0.4 is 5.73 Å². The number of nitrogens with two attached hydrogens (primary N) is 1. The summed E-state index contributed by atoms with van der Waals surface area (Å²) in [6.45, 7) is 4.96. The van der Waals surface area contributed by atoms with Gasteiger partial charge in [0.15, 0.2) is 0 Å². The lowest BCUT2D eigenvalue weighted by atomic mass is 9.87. The van der Waals surface area contributed by atoms with E-state index in [9.17, 15) is 9.18 Å². The van der Waals surface area contributed by atoms with Gasteiger partial charge in [0, 0.05) is 12.8 Å². The third kappa shape index (κ3) is 5.59. The second-order valence-electron chi connectivity index (χ2n) is 5.58. The molecule has 0 spiro atoms. The maximum absolute atomic E-state index is 13.3. The quantitative estimate of drug-likeness (QED) is 0.788. The van der Waals surface area contributed by atoms with Crippen LogP contribution in [0.4, 0.5) is 4.39 Å². The number of ketones is 1. The van der Waals surface area contributed by atoms with Crippen molar-refractivity contribution in [3.05, 3.63) is 34.6 Å². The average Bonchev–Trinajstić information content (AvgIpc) is 2.38. The Kier molecular flexibility index (Phi) is 7.17. The lowest BCUT2D eigenvalue weighted by molar-refractivity contribution is -0.118. The Morgan fingerprint density at radius 3 is 2.60 bits per heavy atom. The minimum absolute atomic E-state index is 0.0871. The van der Waals surface area contributed by atoms with Crippen LogP contribution in [0.5, 0.6) is 0 Å². The van der Waals surface area contributed by atoms with E-state index in [-0.39, 0.29) is 17.2 Å². The molecule has 0 heterocycles. The molecule has 0 saturated heterocycles. The summed E-state index contributed by atoms with van der Waals surface area (Å²) in [6.07, 6.45) is 2.58. The lowest BCUT2D eigenvalue weighted by Gasteiger charge is -2.19. The van der Waals surface area contributed by atoms with E-state index in [0.29, 0.717) is 30.4 Å². The number of Topliss-reactive ketones (excluding diaryl/α,β-unsaturated/α-hetero) is 1. The Morgan fingerprint density at radius 1 is 1.35 bits per heavy atom. The number of hydrogen-bond donors (Lipinski definition) is 1. The molecule has 20 heavy (non-hydrogen) atoms. The predicted molar refractivity (Wildman–Crippen MR) is 81.4 cm³/mol. The molecule has 1 unspecified atom stereocenters. The topological polar surface area (TPSA) is 43.1 Å². The lowest BCUT2D eigenvalue weighted by Crippen LogP contribution is -2.16. The Morgan fingerprint density at radius 2 is 2.05 bits per heavy atom. The fourth-order valence-corrected chi connectivity index (χ4v) is 2.45. The van der Waals surface area contributed by atoms with Crippen LogP contribution in [0.3, 0.4) is 0 Å². The van der Waals surface area contributed by atoms with Crippen LogP contribution >= 0.6 is 11.6 Å². The number of carbonyl (C=O) groups is 1. The Bertz CT molecular complexity index is 448. The highest BCUT2D eigenvalue weighted by molar-refractivity contribution is 6.30. The van der Waals surface area contributed by atoms with Gasteiger partial charge in [-0.3, -0.25) is 4.79 Å². The SMILES string of the molecule is CC(C)C(CCN)CCC(=O)Cc1ccc(Cl)c(F)c1. The maximum atomic E-state index is 13.3. The number of hydrogen-bond acceptors (Lipinski definition) is 2. The molecule has 0 amide bonds. The van der Waals surface area contributed by atoms with E-state index in [1.54, 1.807) is 6.07 Å². The van der Waals surface area contributed by atoms with E-state index >= 15 is 0 Å². The summed E-state index contributed by atoms with van der Waals surface area (Å²) >= 11 is 5.62. The standard InChI is InChI=1S/C16H23ClFNO/c1-11(2)13(7-8-19)4-5-14(20)9-12-3-6-15(17)16(18)10-12/h3,6,10-11,13H,4-5,7-9,19H2,1-2H3. The van der Waals surface area contributed by atoms with Gasteiger partial charge in [0.05, 0.1) is 5.02 Å². The van der Waals surface area contributed by atoms with Gasteiger partial charge in [-0.1, -0.05) is 31.5 Å². The molecule has 0 aromatic heterocycles. The molecule has 1 atom stereocenters. The van der Waals surface area contributed by atoms with Crippen molar-refractivity contribution in [3.8, 4) is 0 Å². The molecule has 1 rings (SSSR count). The summed E-state index contributed by atoms with van der Waals surface area (Å²) in [4.78, 5) is 12.0. The second kappa shape index (κ2) is 8.38. The first-order valence-corrected chi connectivity index (χ1v) is 7.47. The van der Waals surface area contributed by atoms with Gasteiger partial charge in [0.1, 0.15) is 11.6 Å². The van der Waals surface area contributed by atoms with Crippen molar-refractivity contribution in [2.24, 2.45) is 17.6 Å². The first-order chi connectivity index (χ1) is 9.43. The Hall–Kier alpha value is -0.930. The van der Waals surface area contributed by atoms with Gasteiger partial charge in [0.2, 0.25) is 0 Å². The summed E-state index contributed by atoms with van der Waals surface area (Å²) in [5.74, 6) is 0.666. The molecule has 0 bridgehead atoms. The average molecular weight is 300 g/mol. The van der Waals surface area contributed by atoms with Gasteiger partial charge >= 0.3 is 0 Å². The highest BCUT2D eigenvalue weighted by Crippen LogP contribution is 2.21. The molecular weight excluding hydrogens is 277 g/mol. The molecule has 0 radical (unpaired) electrons. The summed E-state index contributed by atoms with van der Waals surface area (Å²) in [5, 5.41) is 0.0871. The maximum Gasteiger partial charge on any atom is 0.142 e. The molecule has 0 aliphatic rings. The van der Waals surface area contributed by atoms with Crippen molar-refractivity contribution in [1.82, 2.24) is 0 Å². The fraction of sp³-hybridized carbons (Fsp3) is 0.562. The minimum atomic E-state index is -0.472. The molecule has 4 heteroatoms. The molecule has 1 aromatic rings. The van der Waals surface area contributed by atoms with Crippen LogP contribution in [-0.2, 0) is 11.2 Å². The summed E-state index contributed by atoms with van der Waals surface area (Å²) in [6, 6.07) is 4.52. The van der Waals surface area contributed by atoms with E-state index in [1.165, 1.54) is 12.1 Å². The van der Waals surface area contributed by atoms with E-state index in [0.717, 1.165) is 12.8 Å². The number of rotatable bonds is 8. The second-order valence-corrected chi connectivity index (χ2v) is 5.99. The van der Waals surface area contributed by atoms with Crippen LogP contribution in [0.15, 0.2) is 18.2 Å². The van der Waals surface area contributed by atoms with Crippen molar-refractivity contribution >= 4 is 17.4 Å². The van der Waals surface area contributed by atoms with Crippen LogP contribution in [0.1, 0.15) is 38.7 Å². The highest BCUT2D eigenvalue weighted by Gasteiger charge is 2.15. The fourth-order valence-electron chi connectivity index (χ4n) is 2.34. The van der Waals surface area contributed by atoms with Crippen molar-refractivity contribution < 1.29 is 9.18 Å². The Balaban J connectivity index is 2.48. The first-order valence-electron chi connectivity index (χ1n) is 7.09. The van der Waals surface area contributed by atoms with E-state index in [2.05, 4.69) is 13.8 Å². The minimum Gasteiger partial charge on any atom is -0.330 e. The number of carbonyl (C=O) groups excluding carboxylic acids is 1. The summed E-state index contributed by atoms with van der Waals surface area (Å²) in [5.41, 5.74) is 6.27. The van der Waals surface area contributed by atoms with E-state index in [1.807, 2.05) is 0 Å². The molecule has 112 valence electrons. The normalized spacial score (nSPS) is 12.7. The van der Waals surface area contributed by atoms with E-state index in [4.69, 9.17) is 17.3 Å². The van der Waals surface area contributed by atoms with Gasteiger partial charge in [0.25, 0.3) is 0 Å². The molecule has 0 aliphatic carbocycles. The molecule has 2 N–H and O–H groups in total. The highest BCUT2D eigenvalue weighted by atomic mass is 35.5. The van der Waals surface area contributed by atoms with Gasteiger partial charge in [-0.15, -0.1) is 0 Å². The van der Waals surface area contributed by atoms with Crippen LogP contribution in [0.2, 0.25) is 5.02 Å². The number of benzene rings is 1. The summed E-state index contributed by atoms with van der Waals surface area (Å²) < 4.78 is 13.3. The zero-order valence-electron chi connectivity index (χ0n) is 12.2. The van der Waals surface area contributed by atoms with Gasteiger partial charge in [-0.25, -0.2) is 4.39 Å².